The zero-order valence-corrected chi connectivity index (χ0v) is 13.7. The first kappa shape index (κ1) is 16.3. The first-order valence-electron chi connectivity index (χ1n) is 7.69. The summed E-state index contributed by atoms with van der Waals surface area (Å²) in [6.07, 6.45) is 0.172. The van der Waals surface area contributed by atoms with Crippen molar-refractivity contribution in [3.63, 3.8) is 0 Å². The van der Waals surface area contributed by atoms with Gasteiger partial charge in [0.15, 0.2) is 0 Å². The molecule has 1 fully saturated rings. The van der Waals surface area contributed by atoms with Crippen LogP contribution in [0, 0.1) is 0 Å². The molecule has 1 aromatic rings. The Labute approximate surface area is 128 Å². The van der Waals surface area contributed by atoms with Crippen LogP contribution in [0.15, 0.2) is 24.3 Å². The van der Waals surface area contributed by atoms with E-state index in [9.17, 15) is 0 Å². The van der Waals surface area contributed by atoms with Gasteiger partial charge in [0.25, 0.3) is 0 Å². The summed E-state index contributed by atoms with van der Waals surface area (Å²) in [6, 6.07) is 8.29. The van der Waals surface area contributed by atoms with Gasteiger partial charge in [0, 0.05) is 25.2 Å². The van der Waals surface area contributed by atoms with E-state index in [1.54, 1.807) is 0 Å². The van der Waals surface area contributed by atoms with Gasteiger partial charge in [0.05, 0.1) is 6.61 Å². The smallest absolute Gasteiger partial charge is 0.119 e. The molecule has 4 heteroatoms. The van der Waals surface area contributed by atoms with Crippen molar-refractivity contribution in [3.8, 4) is 5.75 Å². The highest BCUT2D eigenvalue weighted by Gasteiger charge is 2.18. The molecule has 0 saturated carbocycles. The maximum atomic E-state index is 5.82. The van der Waals surface area contributed by atoms with Crippen molar-refractivity contribution in [3.05, 3.63) is 29.8 Å². The standard InChI is InChI=1S/C17H28N2O2/c1-17(2,3)18-11-14-5-7-15(8-6-14)21-13-16-12-19(4)9-10-20-16/h5-8,16,18H,9-13H2,1-4H3. The van der Waals surface area contributed by atoms with Crippen LogP contribution in [0.1, 0.15) is 26.3 Å². The zero-order chi connectivity index (χ0) is 15.3. The molecule has 0 aromatic heterocycles. The molecule has 1 N–H and O–H groups in total. The third kappa shape index (κ3) is 6.04. The highest BCUT2D eigenvalue weighted by Crippen LogP contribution is 2.14. The highest BCUT2D eigenvalue weighted by molar-refractivity contribution is 5.27. The van der Waals surface area contributed by atoms with E-state index >= 15 is 0 Å². The minimum atomic E-state index is 0.138. The van der Waals surface area contributed by atoms with Crippen molar-refractivity contribution in [2.24, 2.45) is 0 Å². The number of hydrogen-bond acceptors (Lipinski definition) is 4. The molecule has 0 spiro atoms. The summed E-state index contributed by atoms with van der Waals surface area (Å²) in [5.74, 6) is 0.909. The molecule has 21 heavy (non-hydrogen) atoms. The number of rotatable bonds is 5. The van der Waals surface area contributed by atoms with Gasteiger partial charge in [-0.05, 0) is 45.5 Å². The van der Waals surface area contributed by atoms with Crippen LogP contribution in [0.4, 0.5) is 0 Å². The van der Waals surface area contributed by atoms with Crippen LogP contribution >= 0.6 is 0 Å². The molecule has 118 valence electrons. The Hall–Kier alpha value is -1.10. The Bertz CT molecular complexity index is 425. The molecule has 4 nitrogen and oxygen atoms in total. The van der Waals surface area contributed by atoms with Gasteiger partial charge in [-0.2, -0.15) is 0 Å². The second-order valence-corrected chi connectivity index (χ2v) is 6.81. The average Bonchev–Trinajstić information content (AvgIpc) is 2.43. The lowest BCUT2D eigenvalue weighted by Gasteiger charge is -2.29. The van der Waals surface area contributed by atoms with Gasteiger partial charge in [-0.3, -0.25) is 0 Å². The van der Waals surface area contributed by atoms with Crippen LogP contribution in [0.3, 0.4) is 0 Å². The van der Waals surface area contributed by atoms with E-state index in [1.807, 2.05) is 12.1 Å². The summed E-state index contributed by atoms with van der Waals surface area (Å²) in [4.78, 5) is 2.28. The Morgan fingerprint density at radius 2 is 2.00 bits per heavy atom. The Morgan fingerprint density at radius 1 is 1.29 bits per heavy atom. The third-order valence-electron chi connectivity index (χ3n) is 3.52. The fourth-order valence-electron chi connectivity index (χ4n) is 2.23. The summed E-state index contributed by atoms with van der Waals surface area (Å²) in [7, 11) is 2.12. The number of nitrogens with zero attached hydrogens (tertiary/aromatic N) is 1. The van der Waals surface area contributed by atoms with Crippen molar-refractivity contribution < 1.29 is 9.47 Å². The Morgan fingerprint density at radius 3 is 2.62 bits per heavy atom. The molecule has 0 amide bonds. The lowest BCUT2D eigenvalue weighted by molar-refractivity contribution is -0.0403. The van der Waals surface area contributed by atoms with Crippen molar-refractivity contribution in [1.29, 1.82) is 0 Å². The second-order valence-electron chi connectivity index (χ2n) is 6.81. The highest BCUT2D eigenvalue weighted by atomic mass is 16.5. The fourth-order valence-corrected chi connectivity index (χ4v) is 2.23. The molecule has 0 radical (unpaired) electrons. The van der Waals surface area contributed by atoms with Crippen LogP contribution < -0.4 is 10.1 Å². The van der Waals surface area contributed by atoms with Crippen molar-refractivity contribution in [2.75, 3.05) is 33.4 Å². The van der Waals surface area contributed by atoms with Crippen molar-refractivity contribution in [1.82, 2.24) is 10.2 Å². The van der Waals surface area contributed by atoms with Crippen molar-refractivity contribution >= 4 is 0 Å². The molecule has 0 bridgehead atoms. The number of hydrogen-bond donors (Lipinski definition) is 1. The Kier molecular flexibility index (Phi) is 5.62. The first-order chi connectivity index (χ1) is 9.92. The summed E-state index contributed by atoms with van der Waals surface area (Å²) >= 11 is 0. The van der Waals surface area contributed by atoms with Crippen LogP contribution in [0.2, 0.25) is 0 Å². The van der Waals surface area contributed by atoms with Crippen LogP contribution in [-0.2, 0) is 11.3 Å². The Balaban J connectivity index is 1.77. The molecular weight excluding hydrogens is 264 g/mol. The number of likely N-dealkylation sites (N-methyl/N-ethyl adjacent to an activating group) is 1. The third-order valence-corrected chi connectivity index (χ3v) is 3.52. The van der Waals surface area contributed by atoms with Gasteiger partial charge in [-0.15, -0.1) is 0 Å². The molecule has 1 saturated heterocycles. The fraction of sp³-hybridized carbons (Fsp3) is 0.647. The van der Waals surface area contributed by atoms with E-state index in [2.05, 4.69) is 50.2 Å². The van der Waals surface area contributed by atoms with Gasteiger partial charge < -0.3 is 19.7 Å². The monoisotopic (exact) mass is 292 g/mol. The molecular formula is C17H28N2O2. The van der Waals surface area contributed by atoms with E-state index in [-0.39, 0.29) is 11.6 Å². The van der Waals surface area contributed by atoms with E-state index < -0.39 is 0 Å². The van der Waals surface area contributed by atoms with E-state index in [0.29, 0.717) is 6.61 Å². The van der Waals surface area contributed by atoms with Crippen LogP contribution in [-0.4, -0.2) is 49.9 Å². The topological polar surface area (TPSA) is 33.7 Å². The minimum absolute atomic E-state index is 0.138. The lowest BCUT2D eigenvalue weighted by atomic mass is 10.1. The SMILES string of the molecule is CN1CCOC(COc2ccc(CNC(C)(C)C)cc2)C1. The molecule has 1 aromatic carbocycles. The van der Waals surface area contributed by atoms with Crippen molar-refractivity contribution in [2.45, 2.75) is 39.0 Å². The summed E-state index contributed by atoms with van der Waals surface area (Å²) in [5.41, 5.74) is 1.41. The number of nitrogens with one attached hydrogen (secondary N) is 1. The average molecular weight is 292 g/mol. The molecule has 2 rings (SSSR count). The molecule has 0 aliphatic carbocycles. The normalized spacial score (nSPS) is 20.5. The van der Waals surface area contributed by atoms with Gasteiger partial charge in [-0.1, -0.05) is 12.1 Å². The van der Waals surface area contributed by atoms with Gasteiger partial charge >= 0.3 is 0 Å². The molecule has 1 aliphatic rings. The maximum Gasteiger partial charge on any atom is 0.119 e. The summed E-state index contributed by atoms with van der Waals surface area (Å²) in [5, 5.41) is 3.48. The predicted octanol–water partition coefficient (Wildman–Crippen LogP) is 2.28. The summed E-state index contributed by atoms with van der Waals surface area (Å²) < 4.78 is 11.5. The number of ether oxygens (including phenoxy) is 2. The van der Waals surface area contributed by atoms with Gasteiger partial charge in [0.2, 0.25) is 0 Å². The molecule has 1 heterocycles. The summed E-state index contributed by atoms with van der Waals surface area (Å²) in [6.45, 7) is 10.7. The molecule has 1 aliphatic heterocycles. The number of morpholine rings is 1. The quantitative estimate of drug-likeness (QED) is 0.903. The van der Waals surface area contributed by atoms with Gasteiger partial charge in [0.1, 0.15) is 18.5 Å². The van der Waals surface area contributed by atoms with Gasteiger partial charge in [-0.25, -0.2) is 0 Å². The van der Waals surface area contributed by atoms with E-state index in [4.69, 9.17) is 9.47 Å². The second kappa shape index (κ2) is 7.25. The minimum Gasteiger partial charge on any atom is -0.491 e. The zero-order valence-electron chi connectivity index (χ0n) is 13.7. The van der Waals surface area contributed by atoms with Crippen LogP contribution in [0.5, 0.6) is 5.75 Å². The lowest BCUT2D eigenvalue weighted by Crippen LogP contribution is -2.42. The maximum absolute atomic E-state index is 5.82. The van der Waals surface area contributed by atoms with E-state index in [0.717, 1.165) is 32.0 Å². The number of benzene rings is 1. The first-order valence-corrected chi connectivity index (χ1v) is 7.69. The van der Waals surface area contributed by atoms with E-state index in [1.165, 1.54) is 5.56 Å². The molecule has 1 atom stereocenters. The van der Waals surface area contributed by atoms with Crippen LogP contribution in [0.25, 0.3) is 0 Å². The predicted molar refractivity (Wildman–Crippen MR) is 85.8 cm³/mol. The molecule has 1 unspecified atom stereocenters. The largest absolute Gasteiger partial charge is 0.491 e.